The zero-order chi connectivity index (χ0) is 21.8. The van der Waals surface area contributed by atoms with E-state index in [0.29, 0.717) is 17.6 Å². The van der Waals surface area contributed by atoms with Gasteiger partial charge in [-0.1, -0.05) is 25.5 Å². The lowest BCUT2D eigenvalue weighted by atomic mass is 10.1. The second-order valence-electron chi connectivity index (χ2n) is 6.51. The quantitative estimate of drug-likeness (QED) is 0.520. The van der Waals surface area contributed by atoms with Crippen molar-refractivity contribution in [1.29, 1.82) is 0 Å². The Balaban J connectivity index is 1.66. The summed E-state index contributed by atoms with van der Waals surface area (Å²) in [5.74, 6) is 0.289. The van der Waals surface area contributed by atoms with E-state index < -0.39 is 21.8 Å². The van der Waals surface area contributed by atoms with E-state index in [4.69, 9.17) is 4.74 Å². The van der Waals surface area contributed by atoms with Gasteiger partial charge in [0.25, 0.3) is 10.0 Å². The number of ether oxygens (including phenoxy) is 1. The SMILES string of the molecule is CCCc1ccc(S(=O)(=O)Nc2ccc(Oc3ccc(C(F)(F)F)cn3)cc2)cc1. The molecule has 30 heavy (non-hydrogen) atoms. The molecule has 0 saturated carbocycles. The van der Waals surface area contributed by atoms with Crippen LogP contribution in [0.1, 0.15) is 24.5 Å². The second kappa shape index (κ2) is 8.74. The first-order valence-corrected chi connectivity index (χ1v) is 10.6. The molecule has 0 atom stereocenters. The van der Waals surface area contributed by atoms with Crippen LogP contribution in [-0.2, 0) is 22.6 Å². The lowest BCUT2D eigenvalue weighted by molar-refractivity contribution is -0.137. The molecule has 3 aromatic rings. The fraction of sp³-hybridized carbons (Fsp3) is 0.190. The van der Waals surface area contributed by atoms with Crippen LogP contribution in [-0.4, -0.2) is 13.4 Å². The third kappa shape index (κ3) is 5.50. The van der Waals surface area contributed by atoms with Crippen LogP contribution in [0.3, 0.4) is 0 Å². The fourth-order valence-corrected chi connectivity index (χ4v) is 3.72. The molecular weight excluding hydrogens is 417 g/mol. The predicted octanol–water partition coefficient (Wildman–Crippen LogP) is 5.65. The van der Waals surface area contributed by atoms with Crippen LogP contribution in [0.5, 0.6) is 11.6 Å². The normalized spacial score (nSPS) is 11.9. The number of hydrogen-bond acceptors (Lipinski definition) is 4. The molecule has 5 nitrogen and oxygen atoms in total. The van der Waals surface area contributed by atoms with E-state index in [-0.39, 0.29) is 10.8 Å². The molecule has 0 radical (unpaired) electrons. The smallest absolute Gasteiger partial charge is 0.417 e. The molecule has 0 aliphatic heterocycles. The minimum Gasteiger partial charge on any atom is -0.439 e. The number of anilines is 1. The number of halogens is 3. The van der Waals surface area contributed by atoms with Crippen molar-refractivity contribution in [3.8, 4) is 11.6 Å². The predicted molar refractivity (Wildman–Crippen MR) is 107 cm³/mol. The van der Waals surface area contributed by atoms with Gasteiger partial charge in [-0.15, -0.1) is 0 Å². The average Bonchev–Trinajstić information content (AvgIpc) is 2.70. The maximum absolute atomic E-state index is 12.6. The lowest BCUT2D eigenvalue weighted by Gasteiger charge is -2.10. The molecule has 1 aromatic heterocycles. The Bertz CT molecular complexity index is 1080. The summed E-state index contributed by atoms with van der Waals surface area (Å²) >= 11 is 0. The van der Waals surface area contributed by atoms with Crippen LogP contribution in [0.4, 0.5) is 18.9 Å². The van der Waals surface area contributed by atoms with Crippen molar-refractivity contribution in [3.05, 3.63) is 78.0 Å². The molecular formula is C21H19F3N2O3S. The molecule has 0 aliphatic carbocycles. The third-order valence-corrected chi connectivity index (χ3v) is 5.56. The second-order valence-corrected chi connectivity index (χ2v) is 8.19. The Kier molecular flexibility index (Phi) is 6.31. The minimum absolute atomic E-state index is 0.0106. The van der Waals surface area contributed by atoms with Crippen molar-refractivity contribution in [1.82, 2.24) is 4.98 Å². The van der Waals surface area contributed by atoms with Gasteiger partial charge in [0.05, 0.1) is 10.5 Å². The van der Waals surface area contributed by atoms with Crippen molar-refractivity contribution in [2.75, 3.05) is 4.72 Å². The van der Waals surface area contributed by atoms with Gasteiger partial charge in [-0.2, -0.15) is 13.2 Å². The number of aryl methyl sites for hydroxylation is 1. The number of sulfonamides is 1. The van der Waals surface area contributed by atoms with Crippen molar-refractivity contribution < 1.29 is 26.3 Å². The Hall–Kier alpha value is -3.07. The largest absolute Gasteiger partial charge is 0.439 e. The summed E-state index contributed by atoms with van der Waals surface area (Å²) in [6.07, 6.45) is -1.94. The van der Waals surface area contributed by atoms with E-state index in [1.807, 2.05) is 6.92 Å². The van der Waals surface area contributed by atoms with Crippen molar-refractivity contribution >= 4 is 15.7 Å². The number of nitrogens with zero attached hydrogens (tertiary/aromatic N) is 1. The number of benzene rings is 2. The Labute approximate surface area is 172 Å². The number of alkyl halides is 3. The molecule has 0 amide bonds. The highest BCUT2D eigenvalue weighted by Crippen LogP contribution is 2.30. The topological polar surface area (TPSA) is 68.3 Å². The maximum Gasteiger partial charge on any atom is 0.417 e. The van der Waals surface area contributed by atoms with Crippen LogP contribution in [0, 0.1) is 0 Å². The number of nitrogens with one attached hydrogen (secondary N) is 1. The highest BCUT2D eigenvalue weighted by atomic mass is 32.2. The molecule has 0 unspecified atom stereocenters. The number of rotatable bonds is 7. The first-order valence-electron chi connectivity index (χ1n) is 9.10. The molecule has 0 fully saturated rings. The summed E-state index contributed by atoms with van der Waals surface area (Å²) in [6.45, 7) is 2.05. The summed E-state index contributed by atoms with van der Waals surface area (Å²) in [7, 11) is -3.75. The van der Waals surface area contributed by atoms with Crippen LogP contribution >= 0.6 is 0 Å². The van der Waals surface area contributed by atoms with E-state index in [1.54, 1.807) is 24.3 Å². The first kappa shape index (κ1) is 21.6. The fourth-order valence-electron chi connectivity index (χ4n) is 2.66. The minimum atomic E-state index is -4.47. The standard InChI is InChI=1S/C21H19F3N2O3S/c1-2-3-15-4-11-19(12-5-15)30(27,28)26-17-7-9-18(10-8-17)29-20-13-6-16(14-25-20)21(22,23)24/h4-14,26H,2-3H2,1H3. The van der Waals surface area contributed by atoms with Gasteiger partial charge >= 0.3 is 6.18 Å². The van der Waals surface area contributed by atoms with Gasteiger partial charge in [0.1, 0.15) is 5.75 Å². The summed E-state index contributed by atoms with van der Waals surface area (Å²) in [5, 5.41) is 0. The number of pyridine rings is 1. The monoisotopic (exact) mass is 436 g/mol. The first-order chi connectivity index (χ1) is 14.2. The van der Waals surface area contributed by atoms with Crippen LogP contribution in [0.25, 0.3) is 0 Å². The highest BCUT2D eigenvalue weighted by Gasteiger charge is 2.30. The molecule has 0 spiro atoms. The zero-order valence-electron chi connectivity index (χ0n) is 16.0. The Morgan fingerprint density at radius 3 is 2.17 bits per heavy atom. The van der Waals surface area contributed by atoms with Crippen molar-refractivity contribution in [3.63, 3.8) is 0 Å². The lowest BCUT2D eigenvalue weighted by Crippen LogP contribution is -2.12. The van der Waals surface area contributed by atoms with Gasteiger partial charge in [-0.25, -0.2) is 13.4 Å². The summed E-state index contributed by atoms with van der Waals surface area (Å²) < 4.78 is 70.6. The Morgan fingerprint density at radius 1 is 0.967 bits per heavy atom. The molecule has 0 saturated heterocycles. The summed E-state index contributed by atoms with van der Waals surface area (Å²) in [4.78, 5) is 3.78. The molecule has 9 heteroatoms. The van der Waals surface area contributed by atoms with E-state index in [1.165, 1.54) is 24.3 Å². The average molecular weight is 436 g/mol. The van der Waals surface area contributed by atoms with Crippen molar-refractivity contribution in [2.24, 2.45) is 0 Å². The third-order valence-electron chi connectivity index (χ3n) is 4.16. The van der Waals surface area contributed by atoms with E-state index >= 15 is 0 Å². The van der Waals surface area contributed by atoms with Gasteiger partial charge in [0, 0.05) is 18.0 Å². The maximum atomic E-state index is 12.6. The summed E-state index contributed by atoms with van der Waals surface area (Å²) in [6, 6.07) is 14.6. The van der Waals surface area contributed by atoms with Gasteiger partial charge in [-0.3, -0.25) is 4.72 Å². The molecule has 1 heterocycles. The van der Waals surface area contributed by atoms with E-state index in [0.717, 1.165) is 30.5 Å². The van der Waals surface area contributed by atoms with Crippen LogP contribution in [0.2, 0.25) is 0 Å². The van der Waals surface area contributed by atoms with Crippen LogP contribution < -0.4 is 9.46 Å². The van der Waals surface area contributed by atoms with Gasteiger partial charge < -0.3 is 4.74 Å². The van der Waals surface area contributed by atoms with Crippen LogP contribution in [0.15, 0.2) is 71.8 Å². The van der Waals surface area contributed by atoms with E-state index in [9.17, 15) is 21.6 Å². The molecule has 2 aromatic carbocycles. The molecule has 3 rings (SSSR count). The molecule has 158 valence electrons. The van der Waals surface area contributed by atoms with Gasteiger partial charge in [-0.05, 0) is 54.4 Å². The van der Waals surface area contributed by atoms with E-state index in [2.05, 4.69) is 9.71 Å². The Morgan fingerprint density at radius 2 is 1.63 bits per heavy atom. The molecule has 1 N–H and O–H groups in total. The van der Waals surface area contributed by atoms with Gasteiger partial charge in [0.2, 0.25) is 5.88 Å². The zero-order valence-corrected chi connectivity index (χ0v) is 16.8. The molecule has 0 bridgehead atoms. The highest BCUT2D eigenvalue weighted by molar-refractivity contribution is 7.92. The summed E-state index contributed by atoms with van der Waals surface area (Å²) in [5.41, 5.74) is 0.512. The number of aromatic nitrogens is 1. The number of hydrogen-bond donors (Lipinski definition) is 1. The van der Waals surface area contributed by atoms with Gasteiger partial charge in [0.15, 0.2) is 0 Å². The van der Waals surface area contributed by atoms with Crippen molar-refractivity contribution in [2.45, 2.75) is 30.8 Å². The molecule has 0 aliphatic rings.